The van der Waals surface area contributed by atoms with Gasteiger partial charge in [0.15, 0.2) is 0 Å². The van der Waals surface area contributed by atoms with E-state index in [2.05, 4.69) is 15.3 Å². The van der Waals surface area contributed by atoms with Gasteiger partial charge in [-0.25, -0.2) is 4.79 Å². The van der Waals surface area contributed by atoms with E-state index < -0.39 is 22.8 Å². The third kappa shape index (κ3) is 5.30. The van der Waals surface area contributed by atoms with Crippen LogP contribution in [-0.4, -0.2) is 17.2 Å². The van der Waals surface area contributed by atoms with Gasteiger partial charge in [-0.05, 0) is 24.3 Å². The number of amides is 1. The van der Waals surface area contributed by atoms with Gasteiger partial charge in [-0.3, -0.25) is 20.3 Å². The Hall–Kier alpha value is -3.43. The summed E-state index contributed by atoms with van der Waals surface area (Å²) in [5.41, 5.74) is -0.589. The normalized spacial score (nSPS) is 11.3. The molecule has 25 heavy (non-hydrogen) atoms. The van der Waals surface area contributed by atoms with Crippen molar-refractivity contribution in [3.05, 3.63) is 69.8 Å². The van der Waals surface area contributed by atoms with Gasteiger partial charge in [-0.1, -0.05) is 17.3 Å². The molecule has 10 heteroatoms. The van der Waals surface area contributed by atoms with Crippen molar-refractivity contribution in [2.75, 3.05) is 5.32 Å². The van der Waals surface area contributed by atoms with Crippen LogP contribution in [0.5, 0.6) is 0 Å². The van der Waals surface area contributed by atoms with Crippen LogP contribution in [0.25, 0.3) is 0 Å². The maximum absolute atomic E-state index is 12.4. The molecule has 0 aliphatic rings. The zero-order valence-corrected chi connectivity index (χ0v) is 12.4. The van der Waals surface area contributed by atoms with E-state index >= 15 is 0 Å². The van der Waals surface area contributed by atoms with Gasteiger partial charge in [-0.15, -0.1) is 0 Å². The second-order valence-corrected chi connectivity index (χ2v) is 4.67. The number of nitro groups is 1. The third-order valence-corrected chi connectivity index (χ3v) is 2.88. The molecule has 0 fully saturated rings. The van der Waals surface area contributed by atoms with Gasteiger partial charge < -0.3 is 0 Å². The summed E-state index contributed by atoms with van der Waals surface area (Å²) in [5, 5.41) is 16.2. The Labute approximate surface area is 138 Å². The SMILES string of the molecule is O=C(Nc1ccc(C(F)(F)F)cc1)O/N=C\c1cccc([N+](=O)[O-])c1. The van der Waals surface area contributed by atoms with Crippen LogP contribution in [0.2, 0.25) is 0 Å². The van der Waals surface area contributed by atoms with Crippen LogP contribution in [0, 0.1) is 10.1 Å². The van der Waals surface area contributed by atoms with Crippen molar-refractivity contribution in [3.63, 3.8) is 0 Å². The highest BCUT2D eigenvalue weighted by atomic mass is 19.4. The van der Waals surface area contributed by atoms with Crippen molar-refractivity contribution < 1.29 is 27.7 Å². The number of nitrogens with zero attached hydrogens (tertiary/aromatic N) is 2. The minimum atomic E-state index is -4.47. The number of hydrogen-bond acceptors (Lipinski definition) is 5. The van der Waals surface area contributed by atoms with Crippen LogP contribution < -0.4 is 5.32 Å². The smallest absolute Gasteiger partial charge is 0.298 e. The highest BCUT2D eigenvalue weighted by Gasteiger charge is 2.29. The number of alkyl halides is 3. The average molecular weight is 353 g/mol. The lowest BCUT2D eigenvalue weighted by atomic mass is 10.2. The van der Waals surface area contributed by atoms with Crippen molar-refractivity contribution in [3.8, 4) is 0 Å². The van der Waals surface area contributed by atoms with E-state index in [1.165, 1.54) is 24.3 Å². The maximum atomic E-state index is 12.4. The fourth-order valence-electron chi connectivity index (χ4n) is 1.74. The van der Waals surface area contributed by atoms with Crippen LogP contribution in [0.4, 0.5) is 29.3 Å². The summed E-state index contributed by atoms with van der Waals surface area (Å²) in [6.07, 6.45) is -4.41. The molecule has 0 unspecified atom stereocenters. The number of oxime groups is 1. The van der Waals surface area contributed by atoms with E-state index in [0.29, 0.717) is 5.56 Å². The predicted molar refractivity (Wildman–Crippen MR) is 82.2 cm³/mol. The first-order valence-corrected chi connectivity index (χ1v) is 6.69. The zero-order valence-electron chi connectivity index (χ0n) is 12.4. The first-order valence-electron chi connectivity index (χ1n) is 6.69. The number of carbonyl (C=O) groups is 1. The summed E-state index contributed by atoms with van der Waals surface area (Å²) < 4.78 is 37.2. The molecule has 1 amide bonds. The zero-order chi connectivity index (χ0) is 18.4. The lowest BCUT2D eigenvalue weighted by molar-refractivity contribution is -0.384. The second-order valence-electron chi connectivity index (χ2n) is 4.67. The monoisotopic (exact) mass is 353 g/mol. The van der Waals surface area contributed by atoms with Gasteiger partial charge in [0.2, 0.25) is 0 Å². The Morgan fingerprint density at radius 2 is 1.88 bits per heavy atom. The molecular formula is C15H10F3N3O4. The molecule has 0 bridgehead atoms. The standard InChI is InChI=1S/C15H10F3N3O4/c16-15(17,18)11-4-6-12(7-5-11)20-14(22)25-19-9-10-2-1-3-13(8-10)21(23)24/h1-9H,(H,20,22)/b19-9-. The molecule has 0 spiro atoms. The molecule has 0 saturated heterocycles. The lowest BCUT2D eigenvalue weighted by Crippen LogP contribution is -2.11. The van der Waals surface area contributed by atoms with E-state index in [1.807, 2.05) is 0 Å². The molecule has 2 aromatic carbocycles. The van der Waals surface area contributed by atoms with Crippen molar-refractivity contribution in [2.24, 2.45) is 5.16 Å². The van der Waals surface area contributed by atoms with Crippen LogP contribution in [0.15, 0.2) is 53.7 Å². The first-order chi connectivity index (χ1) is 11.8. The van der Waals surface area contributed by atoms with Gasteiger partial charge in [0, 0.05) is 23.4 Å². The van der Waals surface area contributed by atoms with Crippen LogP contribution in [-0.2, 0) is 11.0 Å². The van der Waals surface area contributed by atoms with Crippen LogP contribution in [0.1, 0.15) is 11.1 Å². The largest absolute Gasteiger partial charge is 0.437 e. The molecule has 2 rings (SSSR count). The number of benzene rings is 2. The Morgan fingerprint density at radius 1 is 1.20 bits per heavy atom. The molecular weight excluding hydrogens is 343 g/mol. The second kappa shape index (κ2) is 7.43. The summed E-state index contributed by atoms with van der Waals surface area (Å²) in [7, 11) is 0. The van der Waals surface area contributed by atoms with Gasteiger partial charge in [-0.2, -0.15) is 13.2 Å². The van der Waals surface area contributed by atoms with E-state index in [1.54, 1.807) is 0 Å². The summed E-state index contributed by atoms with van der Waals surface area (Å²) in [4.78, 5) is 26.0. The van der Waals surface area contributed by atoms with Gasteiger partial charge in [0.25, 0.3) is 5.69 Å². The molecule has 0 aromatic heterocycles. The third-order valence-electron chi connectivity index (χ3n) is 2.88. The Bertz CT molecular complexity index is 804. The molecule has 130 valence electrons. The van der Waals surface area contributed by atoms with Crippen molar-refractivity contribution in [1.29, 1.82) is 0 Å². The highest BCUT2D eigenvalue weighted by molar-refractivity contribution is 5.86. The van der Waals surface area contributed by atoms with Crippen LogP contribution >= 0.6 is 0 Å². The van der Waals surface area contributed by atoms with E-state index in [9.17, 15) is 28.1 Å². The first kappa shape index (κ1) is 17.9. The summed E-state index contributed by atoms with van der Waals surface area (Å²) in [6.45, 7) is 0. The predicted octanol–water partition coefficient (Wildman–Crippen LogP) is 4.20. The number of anilines is 1. The number of hydrogen-bond donors (Lipinski definition) is 1. The Kier molecular flexibility index (Phi) is 5.32. The average Bonchev–Trinajstić information content (AvgIpc) is 2.54. The van der Waals surface area contributed by atoms with Gasteiger partial charge >= 0.3 is 12.3 Å². The number of nitrogens with one attached hydrogen (secondary N) is 1. The fourth-order valence-corrected chi connectivity index (χ4v) is 1.74. The fraction of sp³-hybridized carbons (Fsp3) is 0.0667. The van der Waals surface area contributed by atoms with Crippen molar-refractivity contribution >= 4 is 23.7 Å². The maximum Gasteiger partial charge on any atom is 0.437 e. The van der Waals surface area contributed by atoms with Crippen LogP contribution in [0.3, 0.4) is 0 Å². The number of carbonyl (C=O) groups excluding carboxylic acids is 1. The van der Waals surface area contributed by atoms with Crippen molar-refractivity contribution in [1.82, 2.24) is 0 Å². The minimum Gasteiger partial charge on any atom is -0.298 e. The summed E-state index contributed by atoms with van der Waals surface area (Å²) in [6, 6.07) is 9.19. The molecule has 0 aliphatic heterocycles. The Balaban J connectivity index is 1.92. The molecule has 0 heterocycles. The highest BCUT2D eigenvalue weighted by Crippen LogP contribution is 2.29. The number of rotatable bonds is 4. The molecule has 0 saturated carbocycles. The van der Waals surface area contributed by atoms with Gasteiger partial charge in [0.05, 0.1) is 16.7 Å². The molecule has 7 nitrogen and oxygen atoms in total. The topological polar surface area (TPSA) is 93.8 Å². The summed E-state index contributed by atoms with van der Waals surface area (Å²) >= 11 is 0. The Morgan fingerprint density at radius 3 is 2.48 bits per heavy atom. The van der Waals surface area contributed by atoms with E-state index in [4.69, 9.17) is 0 Å². The van der Waals surface area contributed by atoms with E-state index in [0.717, 1.165) is 30.5 Å². The molecule has 2 aromatic rings. The number of non-ortho nitro benzene ring substituents is 1. The quantitative estimate of drug-likeness (QED) is 0.386. The minimum absolute atomic E-state index is 0.0866. The van der Waals surface area contributed by atoms with Crippen molar-refractivity contribution in [2.45, 2.75) is 6.18 Å². The molecule has 0 radical (unpaired) electrons. The van der Waals surface area contributed by atoms with Gasteiger partial charge in [0.1, 0.15) is 0 Å². The molecule has 0 atom stereocenters. The lowest BCUT2D eigenvalue weighted by Gasteiger charge is -2.07. The summed E-state index contributed by atoms with van der Waals surface area (Å²) in [5.74, 6) is 0. The number of nitro benzene ring substituents is 1. The molecule has 1 N–H and O–H groups in total. The number of halogens is 3. The van der Waals surface area contributed by atoms with E-state index in [-0.39, 0.29) is 11.4 Å². The molecule has 0 aliphatic carbocycles.